The maximum atomic E-state index is 12.4. The predicted octanol–water partition coefficient (Wildman–Crippen LogP) is 4.00. The SMILES string of the molecule is CC(C)OC(=O)c1ccc(N2C[C@@H](C(=O)OCc3ccc(Cl)cc3)CC2=O)cc1. The quantitative estimate of drug-likeness (QED) is 0.667. The maximum absolute atomic E-state index is 12.4. The molecule has 0 aromatic heterocycles. The van der Waals surface area contributed by atoms with E-state index in [2.05, 4.69) is 0 Å². The van der Waals surface area contributed by atoms with E-state index in [0.29, 0.717) is 16.3 Å². The van der Waals surface area contributed by atoms with Gasteiger partial charge >= 0.3 is 11.9 Å². The molecule has 7 heteroatoms. The Morgan fingerprint density at radius 3 is 2.38 bits per heavy atom. The van der Waals surface area contributed by atoms with Crippen molar-refractivity contribution < 1.29 is 23.9 Å². The number of esters is 2. The van der Waals surface area contributed by atoms with Crippen LogP contribution in [0.3, 0.4) is 0 Å². The highest BCUT2D eigenvalue weighted by atomic mass is 35.5. The molecule has 6 nitrogen and oxygen atoms in total. The predicted molar refractivity (Wildman–Crippen MR) is 109 cm³/mol. The molecule has 1 aliphatic rings. The van der Waals surface area contributed by atoms with Crippen LogP contribution in [0.5, 0.6) is 0 Å². The molecule has 1 fully saturated rings. The van der Waals surface area contributed by atoms with Crippen molar-refractivity contribution in [1.82, 2.24) is 0 Å². The Balaban J connectivity index is 1.58. The molecule has 1 heterocycles. The van der Waals surface area contributed by atoms with Gasteiger partial charge in [0.2, 0.25) is 5.91 Å². The third kappa shape index (κ3) is 5.35. The lowest BCUT2D eigenvalue weighted by Gasteiger charge is -2.17. The fourth-order valence-electron chi connectivity index (χ4n) is 3.03. The molecule has 0 aliphatic carbocycles. The summed E-state index contributed by atoms with van der Waals surface area (Å²) < 4.78 is 10.5. The third-order valence-electron chi connectivity index (χ3n) is 4.51. The number of halogens is 1. The van der Waals surface area contributed by atoms with Crippen LogP contribution in [0.25, 0.3) is 0 Å². The first-order chi connectivity index (χ1) is 13.8. The number of ether oxygens (including phenoxy) is 2. The van der Waals surface area contributed by atoms with Crippen LogP contribution in [-0.4, -0.2) is 30.5 Å². The molecular formula is C22H22ClNO5. The molecule has 1 aliphatic heterocycles. The van der Waals surface area contributed by atoms with Gasteiger partial charge in [0, 0.05) is 23.7 Å². The summed E-state index contributed by atoms with van der Waals surface area (Å²) in [5.41, 5.74) is 1.87. The maximum Gasteiger partial charge on any atom is 0.338 e. The highest BCUT2D eigenvalue weighted by Crippen LogP contribution is 2.26. The van der Waals surface area contributed by atoms with Crippen LogP contribution in [0.4, 0.5) is 5.69 Å². The molecule has 152 valence electrons. The zero-order valence-corrected chi connectivity index (χ0v) is 17.0. The largest absolute Gasteiger partial charge is 0.461 e. The Kier molecular flexibility index (Phi) is 6.54. The van der Waals surface area contributed by atoms with Crippen molar-refractivity contribution in [2.24, 2.45) is 5.92 Å². The van der Waals surface area contributed by atoms with E-state index >= 15 is 0 Å². The summed E-state index contributed by atoms with van der Waals surface area (Å²) in [6.07, 6.45) is -0.113. The standard InChI is InChI=1S/C22H22ClNO5/c1-14(2)29-22(27)16-5-9-19(10-6-16)24-12-17(11-20(24)25)21(26)28-13-15-3-7-18(23)8-4-15/h3-10,14,17H,11-13H2,1-2H3/t17-/m0/s1. The van der Waals surface area contributed by atoms with Crippen LogP contribution in [0.2, 0.25) is 5.02 Å². The van der Waals surface area contributed by atoms with E-state index in [4.69, 9.17) is 21.1 Å². The molecule has 0 N–H and O–H groups in total. The molecule has 3 rings (SSSR count). The molecule has 0 spiro atoms. The molecule has 2 aromatic carbocycles. The smallest absolute Gasteiger partial charge is 0.338 e. The van der Waals surface area contributed by atoms with Crippen LogP contribution < -0.4 is 4.90 Å². The molecule has 0 saturated carbocycles. The molecule has 0 radical (unpaired) electrons. The van der Waals surface area contributed by atoms with Crippen LogP contribution in [0, 0.1) is 5.92 Å². The molecule has 1 atom stereocenters. The number of hydrogen-bond acceptors (Lipinski definition) is 5. The van der Waals surface area contributed by atoms with Gasteiger partial charge in [-0.05, 0) is 55.8 Å². The molecular weight excluding hydrogens is 394 g/mol. The van der Waals surface area contributed by atoms with Crippen LogP contribution in [0.15, 0.2) is 48.5 Å². The van der Waals surface area contributed by atoms with Crippen LogP contribution in [0.1, 0.15) is 36.2 Å². The first-order valence-electron chi connectivity index (χ1n) is 9.36. The molecule has 2 aromatic rings. The first-order valence-corrected chi connectivity index (χ1v) is 9.74. The summed E-state index contributed by atoms with van der Waals surface area (Å²) in [6, 6.07) is 13.6. The van der Waals surface area contributed by atoms with Gasteiger partial charge in [-0.2, -0.15) is 0 Å². The van der Waals surface area contributed by atoms with Crippen molar-refractivity contribution in [2.45, 2.75) is 33.0 Å². The normalized spacial score (nSPS) is 16.2. The number of amides is 1. The number of carbonyl (C=O) groups is 3. The first kappa shape index (κ1) is 20.9. The van der Waals surface area contributed by atoms with Crippen molar-refractivity contribution in [3.05, 3.63) is 64.7 Å². The fourth-order valence-corrected chi connectivity index (χ4v) is 3.15. The number of rotatable bonds is 6. The van der Waals surface area contributed by atoms with Gasteiger partial charge < -0.3 is 14.4 Å². The van der Waals surface area contributed by atoms with Gasteiger partial charge in [-0.15, -0.1) is 0 Å². The van der Waals surface area contributed by atoms with Gasteiger partial charge in [-0.25, -0.2) is 4.79 Å². The van der Waals surface area contributed by atoms with E-state index in [-0.39, 0.29) is 31.6 Å². The lowest BCUT2D eigenvalue weighted by atomic mass is 10.1. The number of carbonyl (C=O) groups excluding carboxylic acids is 3. The Morgan fingerprint density at radius 2 is 1.76 bits per heavy atom. The summed E-state index contributed by atoms with van der Waals surface area (Å²) >= 11 is 5.84. The van der Waals surface area contributed by atoms with E-state index in [0.717, 1.165) is 5.56 Å². The van der Waals surface area contributed by atoms with Gasteiger partial charge in [-0.1, -0.05) is 23.7 Å². The van der Waals surface area contributed by atoms with E-state index in [1.807, 2.05) is 0 Å². The van der Waals surface area contributed by atoms with E-state index < -0.39 is 17.9 Å². The zero-order chi connectivity index (χ0) is 21.0. The molecule has 29 heavy (non-hydrogen) atoms. The lowest BCUT2D eigenvalue weighted by molar-refractivity contribution is -0.149. The lowest BCUT2D eigenvalue weighted by Crippen LogP contribution is -2.26. The van der Waals surface area contributed by atoms with Gasteiger partial charge in [0.25, 0.3) is 0 Å². The van der Waals surface area contributed by atoms with Crippen molar-refractivity contribution in [3.63, 3.8) is 0 Å². The summed E-state index contributed by atoms with van der Waals surface area (Å²) in [7, 11) is 0. The number of anilines is 1. The minimum atomic E-state index is -0.527. The minimum absolute atomic E-state index is 0.0938. The van der Waals surface area contributed by atoms with Crippen molar-refractivity contribution >= 4 is 35.1 Å². The summed E-state index contributed by atoms with van der Waals surface area (Å²) in [4.78, 5) is 38.2. The van der Waals surface area contributed by atoms with Gasteiger partial charge in [0.15, 0.2) is 0 Å². The monoisotopic (exact) mass is 415 g/mol. The Bertz CT molecular complexity index is 892. The Morgan fingerprint density at radius 1 is 1.10 bits per heavy atom. The molecule has 1 saturated heterocycles. The topological polar surface area (TPSA) is 72.9 Å². The summed E-state index contributed by atoms with van der Waals surface area (Å²) in [5, 5.41) is 0.612. The van der Waals surface area contributed by atoms with E-state index in [1.165, 1.54) is 4.90 Å². The van der Waals surface area contributed by atoms with Crippen LogP contribution in [-0.2, 0) is 25.7 Å². The third-order valence-corrected chi connectivity index (χ3v) is 4.76. The van der Waals surface area contributed by atoms with Crippen molar-refractivity contribution in [1.29, 1.82) is 0 Å². The van der Waals surface area contributed by atoms with Gasteiger partial charge in [-0.3, -0.25) is 9.59 Å². The van der Waals surface area contributed by atoms with Gasteiger partial charge in [0.1, 0.15) is 6.61 Å². The fraction of sp³-hybridized carbons (Fsp3) is 0.318. The zero-order valence-electron chi connectivity index (χ0n) is 16.3. The van der Waals surface area contributed by atoms with Crippen molar-refractivity contribution in [2.75, 3.05) is 11.4 Å². The second-order valence-electron chi connectivity index (χ2n) is 7.14. The van der Waals surface area contributed by atoms with Crippen LogP contribution >= 0.6 is 11.6 Å². The average Bonchev–Trinajstić information content (AvgIpc) is 3.08. The van der Waals surface area contributed by atoms with Crippen molar-refractivity contribution in [3.8, 4) is 0 Å². The minimum Gasteiger partial charge on any atom is -0.461 e. The average molecular weight is 416 g/mol. The molecule has 1 amide bonds. The molecule has 0 bridgehead atoms. The number of benzene rings is 2. The number of hydrogen-bond donors (Lipinski definition) is 0. The summed E-state index contributed by atoms with van der Waals surface area (Å²) in [6.45, 7) is 3.93. The second kappa shape index (κ2) is 9.09. The van der Waals surface area contributed by atoms with Gasteiger partial charge in [0.05, 0.1) is 17.6 Å². The Labute approximate surface area is 174 Å². The highest BCUT2D eigenvalue weighted by molar-refractivity contribution is 6.30. The highest BCUT2D eigenvalue weighted by Gasteiger charge is 2.36. The number of nitrogens with zero attached hydrogens (tertiary/aromatic N) is 1. The molecule has 0 unspecified atom stereocenters. The summed E-state index contributed by atoms with van der Waals surface area (Å²) in [5.74, 6) is -1.51. The second-order valence-corrected chi connectivity index (χ2v) is 7.58. The Hall–Kier alpha value is -2.86. The van der Waals surface area contributed by atoms with E-state index in [9.17, 15) is 14.4 Å². The van der Waals surface area contributed by atoms with E-state index in [1.54, 1.807) is 62.4 Å².